The molecule has 9 nitrogen and oxygen atoms in total. The Morgan fingerprint density at radius 1 is 1.15 bits per heavy atom. The SMILES string of the molecule is [CH2-]OCC(C)(COCS(=O)(=O)O)COS(=O)(=O)OC.[Rf]. The smallest absolute Gasteiger partial charge is 0.399 e. The van der Waals surface area contributed by atoms with Gasteiger partial charge in [0.1, 0.15) is 0 Å². The van der Waals surface area contributed by atoms with Crippen LogP contribution in [0.5, 0.6) is 0 Å². The molecule has 0 aliphatic heterocycles. The van der Waals surface area contributed by atoms with Crippen molar-refractivity contribution in [1.29, 1.82) is 0 Å². The van der Waals surface area contributed by atoms with Gasteiger partial charge in [0.15, 0.2) is 5.94 Å². The van der Waals surface area contributed by atoms with E-state index in [0.717, 1.165) is 7.11 Å². The molecule has 12 heteroatoms. The molecule has 118 valence electrons. The van der Waals surface area contributed by atoms with Crippen LogP contribution in [0.2, 0.25) is 0 Å². The molecule has 0 aromatic rings. The second kappa shape index (κ2) is 8.09. The summed E-state index contributed by atoms with van der Waals surface area (Å²) in [6.07, 6.45) is 0. The fourth-order valence-electron chi connectivity index (χ4n) is 1.03. The summed E-state index contributed by atoms with van der Waals surface area (Å²) in [6.45, 7) is 0.858. The van der Waals surface area contributed by atoms with Crippen LogP contribution in [0.4, 0.5) is 0 Å². The molecule has 0 aliphatic carbocycles. The first-order valence-corrected chi connectivity index (χ1v) is 7.83. The van der Waals surface area contributed by atoms with E-state index in [1.54, 1.807) is 0 Å². The quantitative estimate of drug-likeness (QED) is 0.268. The number of hydrogen-bond donors (Lipinski definition) is 1. The van der Waals surface area contributed by atoms with Crippen molar-refractivity contribution in [2.75, 3.05) is 32.9 Å². The van der Waals surface area contributed by atoms with Crippen molar-refractivity contribution in [2.24, 2.45) is 5.41 Å². The third-order valence-corrected chi connectivity index (χ3v) is 3.17. The van der Waals surface area contributed by atoms with Crippen LogP contribution < -0.4 is 0 Å². The van der Waals surface area contributed by atoms with Gasteiger partial charge < -0.3 is 9.47 Å². The zero-order valence-corrected chi connectivity index (χ0v) is 19.3. The standard InChI is InChI=1S/C8H17O9S2.Rf/c1-8(4-14-2,5-16-7-18(9,10)11)6-17-19(12,13)15-3;/h2,4-7H2,1,3H3,(H,9,10,11);/q-1;. The normalized spacial score (nSPS) is 15.4. The fraction of sp³-hybridized carbons (Fsp3) is 0.875. The molecule has 0 radical (unpaired) electrons. The molecule has 20 heavy (non-hydrogen) atoms. The van der Waals surface area contributed by atoms with Crippen LogP contribution >= 0.6 is 0 Å². The van der Waals surface area contributed by atoms with Gasteiger partial charge in [-0.2, -0.15) is 16.8 Å². The molecule has 0 aliphatic rings. The van der Waals surface area contributed by atoms with Gasteiger partial charge >= 0.3 is 10.4 Å². The molecule has 0 aromatic heterocycles. The van der Waals surface area contributed by atoms with E-state index >= 15 is 0 Å². The monoisotopic (exact) mass is 588 g/mol. The van der Waals surface area contributed by atoms with Gasteiger partial charge in [-0.3, -0.25) is 8.74 Å². The first-order chi connectivity index (χ1) is 8.54. The van der Waals surface area contributed by atoms with E-state index < -0.39 is 31.9 Å². The van der Waals surface area contributed by atoms with Crippen LogP contribution in [-0.4, -0.2) is 54.3 Å². The zero-order chi connectivity index (χ0) is 15.2. The predicted octanol–water partition coefficient (Wildman–Crippen LogP) is -0.429. The number of ether oxygens (including phenoxy) is 2. The molecule has 0 saturated carbocycles. The average Bonchev–Trinajstić information content (AvgIpc) is 2.25. The van der Waals surface area contributed by atoms with Gasteiger partial charge in [-0.25, -0.2) is 11.3 Å². The van der Waals surface area contributed by atoms with Crippen molar-refractivity contribution in [3.05, 3.63) is 7.11 Å². The van der Waals surface area contributed by atoms with Crippen molar-refractivity contribution in [1.82, 2.24) is 0 Å². The molecule has 1 unspecified atom stereocenters. The van der Waals surface area contributed by atoms with Crippen molar-refractivity contribution >= 4 is 20.5 Å². The third-order valence-electron chi connectivity index (χ3n) is 1.89. The molecule has 1 N–H and O–H groups in total. The molecule has 0 saturated heterocycles. The summed E-state index contributed by atoms with van der Waals surface area (Å²) in [4.78, 5) is 0. The minimum absolute atomic E-state index is 0. The first-order valence-electron chi connectivity index (χ1n) is 4.88. The third kappa shape index (κ3) is 9.61. The van der Waals surface area contributed by atoms with Crippen LogP contribution in [0.1, 0.15) is 6.92 Å². The molecule has 0 heterocycles. The first kappa shape index (κ1) is 21.0. The van der Waals surface area contributed by atoms with Gasteiger partial charge in [0.05, 0.1) is 20.3 Å². The van der Waals surface area contributed by atoms with Gasteiger partial charge in [0.2, 0.25) is 0 Å². The Balaban J connectivity index is 0. The Kier molecular flexibility index (Phi) is 8.50. The topological polar surface area (TPSA) is 125 Å². The molecule has 0 amide bonds. The van der Waals surface area contributed by atoms with Crippen LogP contribution in [0.15, 0.2) is 0 Å². The average molecular weight is 588 g/mol. The largest absolute Gasteiger partial charge is 0.554 e. The second-order valence-corrected chi connectivity index (χ2v) is 6.83. The second-order valence-electron chi connectivity index (χ2n) is 4.04. The fourth-order valence-corrected chi connectivity index (χ4v) is 1.85. The van der Waals surface area contributed by atoms with E-state index in [4.69, 9.17) is 9.29 Å². The molecule has 0 fully saturated rings. The maximum Gasteiger partial charge on any atom is 0.399 e. The molecular formula is C8H17O9RfS2-. The zero-order valence-electron chi connectivity index (χ0n) is 11.3. The van der Waals surface area contributed by atoms with Crippen LogP contribution in [-0.2, 0) is 38.4 Å². The molecule has 0 rings (SSSR count). The number of hydrogen-bond acceptors (Lipinski definition) is 8. The van der Waals surface area contributed by atoms with E-state index in [2.05, 4.69) is 20.2 Å². The van der Waals surface area contributed by atoms with E-state index in [9.17, 15) is 16.8 Å². The Labute approximate surface area is 112 Å². The van der Waals surface area contributed by atoms with E-state index in [0.29, 0.717) is 0 Å². The maximum atomic E-state index is 11.0. The van der Waals surface area contributed by atoms with Gasteiger partial charge in [-0.1, -0.05) is 6.92 Å². The van der Waals surface area contributed by atoms with Crippen LogP contribution in [0.3, 0.4) is 0 Å². The number of rotatable bonds is 10. The summed E-state index contributed by atoms with van der Waals surface area (Å²) < 4.78 is 69.5. The van der Waals surface area contributed by atoms with Gasteiger partial charge in [0.25, 0.3) is 10.1 Å². The summed E-state index contributed by atoms with van der Waals surface area (Å²) >= 11 is 0. The summed E-state index contributed by atoms with van der Waals surface area (Å²) in [7, 11) is -4.33. The molecule has 0 spiro atoms. The Morgan fingerprint density at radius 3 is 2.10 bits per heavy atom. The van der Waals surface area contributed by atoms with Gasteiger partial charge in [0, 0.05) is 12.0 Å². The van der Waals surface area contributed by atoms with E-state index in [-0.39, 0.29) is 19.8 Å². The van der Waals surface area contributed by atoms with Crippen molar-refractivity contribution in [3.8, 4) is 0 Å². The Bertz CT molecular complexity index is 460. The molecule has 1 atom stereocenters. The summed E-state index contributed by atoms with van der Waals surface area (Å²) in [5.41, 5.74) is -0.988. The Hall–Kier alpha value is -1.30. The van der Waals surface area contributed by atoms with Crippen molar-refractivity contribution in [2.45, 2.75) is 6.92 Å². The van der Waals surface area contributed by atoms with Gasteiger partial charge in [-0.05, 0) is 0 Å². The van der Waals surface area contributed by atoms with Crippen molar-refractivity contribution in [3.63, 3.8) is 0 Å². The van der Waals surface area contributed by atoms with Crippen LogP contribution in [0, 0.1) is 12.5 Å². The maximum absolute atomic E-state index is 11.0. The van der Waals surface area contributed by atoms with E-state index in [1.807, 2.05) is 0 Å². The molecular weight excluding hydrogens is 571 g/mol. The molecule has 0 aromatic carbocycles. The minimum atomic E-state index is -4.27. The Morgan fingerprint density at radius 2 is 1.70 bits per heavy atom. The summed E-state index contributed by atoms with van der Waals surface area (Å²) in [5.74, 6) is -0.920. The predicted molar refractivity (Wildman–Crippen MR) is 63.7 cm³/mol. The van der Waals surface area contributed by atoms with Crippen LogP contribution in [0.25, 0.3) is 0 Å². The molecule has 0 bridgehead atoms. The minimum Gasteiger partial charge on any atom is -0.554 e. The summed E-state index contributed by atoms with van der Waals surface area (Å²) in [5, 5.41) is 0. The van der Waals surface area contributed by atoms with Crippen molar-refractivity contribution < 1.29 is 39.2 Å². The van der Waals surface area contributed by atoms with Gasteiger partial charge in [-0.15, -0.1) is 0 Å². The summed E-state index contributed by atoms with van der Waals surface area (Å²) in [6, 6.07) is 0. The van der Waals surface area contributed by atoms with E-state index in [1.165, 1.54) is 6.92 Å².